The second kappa shape index (κ2) is 11.1. The second-order valence-corrected chi connectivity index (χ2v) is 14.2. The summed E-state index contributed by atoms with van der Waals surface area (Å²) in [6, 6.07) is 42.2. The Morgan fingerprint density at radius 2 is 1.12 bits per heavy atom. The van der Waals surface area contributed by atoms with Gasteiger partial charge in [-0.3, -0.25) is 0 Å². The zero-order valence-corrected chi connectivity index (χ0v) is 27.8. The summed E-state index contributed by atoms with van der Waals surface area (Å²) in [6.07, 6.45) is 0. The maximum absolute atomic E-state index is 10.9. The van der Waals surface area contributed by atoms with Gasteiger partial charge in [-0.1, -0.05) is 96.5 Å². The predicted molar refractivity (Wildman–Crippen MR) is 209 cm³/mol. The molecule has 0 spiro atoms. The summed E-state index contributed by atoms with van der Waals surface area (Å²) in [5, 5.41) is 25.9. The monoisotopic (exact) mass is 652 g/mol. The fraction of sp³-hybridized carbons (Fsp3) is 0. The van der Waals surface area contributed by atoms with Crippen LogP contribution in [0.15, 0.2) is 121 Å². The Morgan fingerprint density at radius 1 is 0.479 bits per heavy atom. The molecule has 9 rings (SSSR count). The van der Waals surface area contributed by atoms with Gasteiger partial charge in [-0.05, 0) is 52.3 Å². The molecule has 2 N–H and O–H groups in total. The number of phenolic OH excluding ortho intramolecular Hbond substituents is 2. The van der Waals surface area contributed by atoms with Gasteiger partial charge in [0.1, 0.15) is 15.7 Å². The molecule has 0 amide bonds. The van der Waals surface area contributed by atoms with Gasteiger partial charge < -0.3 is 10.2 Å². The molecule has 0 bridgehead atoms. The molecule has 226 valence electrons. The number of hydrogen-bond acceptors (Lipinski definition) is 6. The molecule has 0 fully saturated rings. The quantitative estimate of drug-likeness (QED) is 0.150. The Balaban J connectivity index is 1.32. The van der Waals surface area contributed by atoms with E-state index in [0.29, 0.717) is 16.0 Å². The van der Waals surface area contributed by atoms with Crippen LogP contribution in [-0.2, 0) is 0 Å². The lowest BCUT2D eigenvalue weighted by Gasteiger charge is -2.13. The van der Waals surface area contributed by atoms with E-state index in [0.717, 1.165) is 60.1 Å². The Morgan fingerprint density at radius 3 is 1.96 bits per heavy atom. The highest BCUT2D eigenvalue weighted by Crippen LogP contribution is 2.44. The van der Waals surface area contributed by atoms with Gasteiger partial charge in [0.25, 0.3) is 0 Å². The normalized spacial score (nSPS) is 11.7. The van der Waals surface area contributed by atoms with Crippen LogP contribution in [0.5, 0.6) is 11.5 Å². The lowest BCUT2D eigenvalue weighted by molar-refractivity contribution is 0.412. The molecule has 0 saturated heterocycles. The van der Waals surface area contributed by atoms with Gasteiger partial charge in [0.15, 0.2) is 17.3 Å². The van der Waals surface area contributed by atoms with Crippen LogP contribution >= 0.6 is 22.7 Å². The van der Waals surface area contributed by atoms with E-state index in [1.54, 1.807) is 11.3 Å². The van der Waals surface area contributed by atoms with Gasteiger partial charge in [0.05, 0.1) is 16.1 Å². The van der Waals surface area contributed by atoms with Crippen molar-refractivity contribution in [2.75, 3.05) is 0 Å². The number of benzene rings is 6. The number of aromatic hydroxyl groups is 2. The molecule has 48 heavy (non-hydrogen) atoms. The molecule has 0 saturated carbocycles. The summed E-state index contributed by atoms with van der Waals surface area (Å²) in [6.45, 7) is 0. The zero-order chi connectivity index (χ0) is 32.5. The first-order valence-corrected chi connectivity index (χ1v) is 17.4. The van der Waals surface area contributed by atoms with Crippen molar-refractivity contribution in [3.05, 3.63) is 121 Å². The average Bonchev–Trinajstić information content (AvgIpc) is 3.72. The number of rotatable bonds is 4. The number of hydrogen-bond donors (Lipinski definition) is 2. The van der Waals surface area contributed by atoms with E-state index in [9.17, 15) is 10.2 Å². The number of nitrogens with zero attached hydrogens (tertiary/aromatic N) is 2. The van der Waals surface area contributed by atoms with E-state index < -0.39 is 0 Å². The third-order valence-corrected chi connectivity index (χ3v) is 11.8. The van der Waals surface area contributed by atoms with Crippen LogP contribution in [0.2, 0.25) is 0 Å². The summed E-state index contributed by atoms with van der Waals surface area (Å²) < 4.78 is 4.16. The van der Waals surface area contributed by atoms with Crippen molar-refractivity contribution in [2.24, 2.45) is 0 Å². The fourth-order valence-corrected chi connectivity index (χ4v) is 9.21. The summed E-state index contributed by atoms with van der Waals surface area (Å²) in [7, 11) is 3.84. The van der Waals surface area contributed by atoms with Crippen molar-refractivity contribution >= 4 is 89.6 Å². The minimum atomic E-state index is -0.0645. The van der Waals surface area contributed by atoms with Gasteiger partial charge >= 0.3 is 0 Å². The molecule has 0 atom stereocenters. The van der Waals surface area contributed by atoms with Crippen LogP contribution < -0.4 is 10.9 Å². The number of phenols is 2. The largest absolute Gasteiger partial charge is 0.505 e. The molecule has 3 aromatic heterocycles. The van der Waals surface area contributed by atoms with Gasteiger partial charge in [-0.2, -0.15) is 0 Å². The molecule has 0 unspecified atom stereocenters. The SMILES string of the molecule is Bc1c(O)c(O)c2sc3ccc(-c4nc(-c5ccccc5-c5ccccc5)cc(-c5cccc6c5sc5ccccc56)n4)cc3c2c1B. The first kappa shape index (κ1) is 28.8. The topological polar surface area (TPSA) is 66.2 Å². The molecule has 8 heteroatoms. The predicted octanol–water partition coefficient (Wildman–Crippen LogP) is 7.81. The summed E-state index contributed by atoms with van der Waals surface area (Å²) in [5.41, 5.74) is 8.56. The second-order valence-electron chi connectivity index (χ2n) is 12.1. The summed E-state index contributed by atoms with van der Waals surface area (Å²) in [5.74, 6) is 0.507. The van der Waals surface area contributed by atoms with Crippen LogP contribution in [0.4, 0.5) is 0 Å². The Labute approximate surface area is 286 Å². The van der Waals surface area contributed by atoms with Crippen molar-refractivity contribution in [1.29, 1.82) is 0 Å². The van der Waals surface area contributed by atoms with Crippen molar-refractivity contribution in [1.82, 2.24) is 9.97 Å². The number of fused-ring (bicyclic) bond motifs is 6. The lowest BCUT2D eigenvalue weighted by atomic mass is 9.77. The first-order chi connectivity index (χ1) is 23.5. The van der Waals surface area contributed by atoms with Crippen molar-refractivity contribution in [3.8, 4) is 56.5 Å². The lowest BCUT2D eigenvalue weighted by Crippen LogP contribution is -2.26. The smallest absolute Gasteiger partial charge is 0.175 e. The molecule has 9 aromatic rings. The van der Waals surface area contributed by atoms with E-state index in [1.165, 1.54) is 31.5 Å². The maximum Gasteiger partial charge on any atom is 0.175 e. The molecular formula is C40H26B2N2O2S2. The highest BCUT2D eigenvalue weighted by atomic mass is 32.1. The fourth-order valence-electron chi connectivity index (χ4n) is 6.80. The van der Waals surface area contributed by atoms with E-state index in [2.05, 4.69) is 115 Å². The van der Waals surface area contributed by atoms with Crippen molar-refractivity contribution in [3.63, 3.8) is 0 Å². The molecule has 0 aliphatic carbocycles. The molecule has 0 aliphatic heterocycles. The van der Waals surface area contributed by atoms with Crippen LogP contribution in [0.3, 0.4) is 0 Å². The van der Waals surface area contributed by atoms with Crippen LogP contribution in [0.25, 0.3) is 85.4 Å². The third-order valence-electron chi connectivity index (χ3n) is 9.37. The van der Waals surface area contributed by atoms with Gasteiger partial charge in [-0.25, -0.2) is 9.97 Å². The summed E-state index contributed by atoms with van der Waals surface area (Å²) in [4.78, 5) is 10.5. The molecule has 3 heterocycles. The minimum Gasteiger partial charge on any atom is -0.505 e. The zero-order valence-electron chi connectivity index (χ0n) is 26.2. The van der Waals surface area contributed by atoms with E-state index in [1.807, 2.05) is 21.8 Å². The van der Waals surface area contributed by atoms with Crippen molar-refractivity contribution < 1.29 is 10.2 Å². The van der Waals surface area contributed by atoms with Crippen LogP contribution in [0.1, 0.15) is 0 Å². The molecule has 6 aromatic carbocycles. The Kier molecular flexibility index (Phi) is 6.64. The Hall–Kier alpha value is -5.43. The van der Waals surface area contributed by atoms with Gasteiger partial charge in [-0.15, -0.1) is 22.7 Å². The standard InChI is InChI=1S/C40H26B2N2O2S2/c41-34-33-28-19-22(17-18-32(28)48-39(33)37(46)36(45)35(34)42)40-43-29(24-12-5-4-11-23(24)21-9-2-1-3-10-21)20-30(44-40)27-15-8-14-26-25-13-6-7-16-31(25)47-38(26)27/h1-20,45-46H,41-42H2. The highest BCUT2D eigenvalue weighted by Gasteiger charge is 2.20. The molecule has 0 radical (unpaired) electrons. The maximum atomic E-state index is 10.9. The first-order valence-electron chi connectivity index (χ1n) is 15.8. The Bertz CT molecular complexity index is 2740. The highest BCUT2D eigenvalue weighted by molar-refractivity contribution is 7.26. The van der Waals surface area contributed by atoms with Gasteiger partial charge in [0, 0.05) is 46.9 Å². The van der Waals surface area contributed by atoms with Crippen LogP contribution in [0, 0.1) is 0 Å². The summed E-state index contributed by atoms with van der Waals surface area (Å²) >= 11 is 3.28. The van der Waals surface area contributed by atoms with Gasteiger partial charge in [0.2, 0.25) is 0 Å². The minimum absolute atomic E-state index is 0.0556. The number of thiophene rings is 2. The van der Waals surface area contributed by atoms with Crippen molar-refractivity contribution in [2.45, 2.75) is 0 Å². The molecule has 0 aliphatic rings. The molecular weight excluding hydrogens is 626 g/mol. The van der Waals surface area contributed by atoms with E-state index >= 15 is 0 Å². The number of aromatic nitrogens is 2. The van der Waals surface area contributed by atoms with E-state index in [-0.39, 0.29) is 11.5 Å². The van der Waals surface area contributed by atoms with Crippen LogP contribution in [-0.4, -0.2) is 35.9 Å². The average molecular weight is 652 g/mol. The molecule has 4 nitrogen and oxygen atoms in total. The van der Waals surface area contributed by atoms with E-state index in [4.69, 9.17) is 9.97 Å². The third kappa shape index (κ3) is 4.44.